The van der Waals surface area contributed by atoms with Crippen molar-refractivity contribution in [2.24, 2.45) is 11.8 Å². The van der Waals surface area contributed by atoms with Crippen LogP contribution < -0.4 is 5.32 Å². The van der Waals surface area contributed by atoms with Gasteiger partial charge in [0.15, 0.2) is 0 Å². The summed E-state index contributed by atoms with van der Waals surface area (Å²) in [6, 6.07) is 18.9. The number of nitrogens with zero attached hydrogens (tertiary/aromatic N) is 1. The van der Waals surface area contributed by atoms with E-state index in [2.05, 4.69) is 17.4 Å². The number of hydrogen-bond donors (Lipinski definition) is 1. The largest absolute Gasteiger partial charge is 0.349 e. The van der Waals surface area contributed by atoms with Crippen molar-refractivity contribution in [1.82, 2.24) is 9.62 Å². The topological polar surface area (TPSA) is 66.5 Å². The van der Waals surface area contributed by atoms with Crippen LogP contribution in [0, 0.1) is 11.8 Å². The maximum atomic E-state index is 13.2. The standard InChI is InChI=1S/C25H32N2O3S/c28-25(26-24(20-10-4-1-5-11-20)21-12-6-2-7-13-21)22-16-18-27(19-17-22)31(29,30)23-14-8-3-9-15-23/h1,3-5,8-11,14-15,21-22,24H,2,6-7,12-13,16-19H2,(H,26,28). The molecule has 166 valence electrons. The molecule has 0 spiro atoms. The minimum absolute atomic E-state index is 0.0417. The van der Waals surface area contributed by atoms with Crippen LogP contribution in [-0.4, -0.2) is 31.7 Å². The predicted octanol–water partition coefficient (Wildman–Crippen LogP) is 4.53. The first-order chi connectivity index (χ1) is 15.1. The third kappa shape index (κ3) is 5.18. The lowest BCUT2D eigenvalue weighted by atomic mass is 9.80. The van der Waals surface area contributed by atoms with Gasteiger partial charge in [0.2, 0.25) is 15.9 Å². The van der Waals surface area contributed by atoms with Crippen molar-refractivity contribution in [2.45, 2.75) is 55.9 Å². The van der Waals surface area contributed by atoms with E-state index in [0.29, 0.717) is 36.7 Å². The Hall–Kier alpha value is -2.18. The van der Waals surface area contributed by atoms with Crippen molar-refractivity contribution in [3.63, 3.8) is 0 Å². The minimum atomic E-state index is -3.49. The maximum absolute atomic E-state index is 13.2. The molecule has 5 nitrogen and oxygen atoms in total. The van der Waals surface area contributed by atoms with Crippen LogP contribution in [0.1, 0.15) is 56.6 Å². The van der Waals surface area contributed by atoms with Gasteiger partial charge in [0.1, 0.15) is 0 Å². The Kier molecular flexibility index (Phi) is 7.08. The second-order valence-corrected chi connectivity index (χ2v) is 10.7. The van der Waals surface area contributed by atoms with Gasteiger partial charge in [0.05, 0.1) is 10.9 Å². The van der Waals surface area contributed by atoms with E-state index in [1.807, 2.05) is 24.3 Å². The summed E-state index contributed by atoms with van der Waals surface area (Å²) in [7, 11) is -3.49. The number of amides is 1. The molecule has 2 aromatic carbocycles. The number of piperidine rings is 1. The molecule has 1 heterocycles. The van der Waals surface area contributed by atoms with Crippen LogP contribution in [0.4, 0.5) is 0 Å². The Bertz CT molecular complexity index is 949. The highest BCUT2D eigenvalue weighted by atomic mass is 32.2. The summed E-state index contributed by atoms with van der Waals surface area (Å²) in [4.78, 5) is 13.5. The minimum Gasteiger partial charge on any atom is -0.349 e. The highest BCUT2D eigenvalue weighted by Crippen LogP contribution is 2.35. The van der Waals surface area contributed by atoms with Crippen molar-refractivity contribution < 1.29 is 13.2 Å². The molecule has 0 bridgehead atoms. The van der Waals surface area contributed by atoms with Gasteiger partial charge in [-0.3, -0.25) is 4.79 Å². The fourth-order valence-corrected chi connectivity index (χ4v) is 6.46. The molecule has 1 saturated heterocycles. The summed E-state index contributed by atoms with van der Waals surface area (Å²) in [6.07, 6.45) is 7.13. The monoisotopic (exact) mass is 440 g/mol. The van der Waals surface area contributed by atoms with Gasteiger partial charge in [-0.05, 0) is 49.3 Å². The zero-order valence-corrected chi connectivity index (χ0v) is 18.8. The smallest absolute Gasteiger partial charge is 0.243 e. The summed E-state index contributed by atoms with van der Waals surface area (Å²) >= 11 is 0. The fraction of sp³-hybridized carbons (Fsp3) is 0.480. The summed E-state index contributed by atoms with van der Waals surface area (Å²) in [5, 5.41) is 3.35. The molecule has 1 atom stereocenters. The molecule has 2 aromatic rings. The lowest BCUT2D eigenvalue weighted by molar-refractivity contribution is -0.127. The molecular weight excluding hydrogens is 408 g/mol. The van der Waals surface area contributed by atoms with Gasteiger partial charge >= 0.3 is 0 Å². The van der Waals surface area contributed by atoms with Gasteiger partial charge in [-0.25, -0.2) is 8.42 Å². The summed E-state index contributed by atoms with van der Waals surface area (Å²) in [5.41, 5.74) is 1.17. The van der Waals surface area contributed by atoms with Crippen molar-refractivity contribution in [1.29, 1.82) is 0 Å². The van der Waals surface area contributed by atoms with Gasteiger partial charge in [-0.1, -0.05) is 67.8 Å². The first-order valence-corrected chi connectivity index (χ1v) is 12.9. The molecule has 1 aliphatic heterocycles. The Morgan fingerprint density at radius 3 is 2.03 bits per heavy atom. The van der Waals surface area contributed by atoms with Crippen LogP contribution in [0.2, 0.25) is 0 Å². The second kappa shape index (κ2) is 9.96. The van der Waals surface area contributed by atoms with Crippen LogP contribution in [0.5, 0.6) is 0 Å². The third-order valence-electron chi connectivity index (χ3n) is 6.78. The Morgan fingerprint density at radius 2 is 1.42 bits per heavy atom. The number of rotatable bonds is 6. The van der Waals surface area contributed by atoms with Crippen LogP contribution in [0.15, 0.2) is 65.6 Å². The Labute approximate surface area is 185 Å². The third-order valence-corrected chi connectivity index (χ3v) is 8.70. The molecule has 0 aromatic heterocycles. The van der Waals surface area contributed by atoms with E-state index in [9.17, 15) is 13.2 Å². The quantitative estimate of drug-likeness (QED) is 0.718. The maximum Gasteiger partial charge on any atom is 0.243 e. The second-order valence-electron chi connectivity index (χ2n) is 8.79. The van der Waals surface area contributed by atoms with E-state index < -0.39 is 10.0 Å². The fourth-order valence-electron chi connectivity index (χ4n) is 4.97. The van der Waals surface area contributed by atoms with Gasteiger partial charge in [-0.2, -0.15) is 4.31 Å². The molecule has 1 unspecified atom stereocenters. The van der Waals surface area contributed by atoms with E-state index in [-0.39, 0.29) is 17.9 Å². The normalized spacial score (nSPS) is 20.3. The highest BCUT2D eigenvalue weighted by molar-refractivity contribution is 7.89. The number of nitrogens with one attached hydrogen (secondary N) is 1. The van der Waals surface area contributed by atoms with Crippen LogP contribution in [-0.2, 0) is 14.8 Å². The van der Waals surface area contributed by atoms with Crippen molar-refractivity contribution >= 4 is 15.9 Å². The summed E-state index contributed by atoms with van der Waals surface area (Å²) < 4.78 is 27.2. The van der Waals surface area contributed by atoms with Crippen LogP contribution in [0.3, 0.4) is 0 Å². The van der Waals surface area contributed by atoms with Crippen molar-refractivity contribution in [2.75, 3.05) is 13.1 Å². The Morgan fingerprint density at radius 1 is 0.839 bits per heavy atom. The highest BCUT2D eigenvalue weighted by Gasteiger charge is 2.34. The molecule has 1 aliphatic carbocycles. The number of carbonyl (C=O) groups is 1. The summed E-state index contributed by atoms with van der Waals surface area (Å²) in [5.74, 6) is 0.395. The van der Waals surface area contributed by atoms with Crippen molar-refractivity contribution in [3.05, 3.63) is 66.2 Å². The SMILES string of the molecule is O=C(NC(c1ccccc1)C1CCCCC1)C1CCN(S(=O)(=O)c2ccccc2)CC1. The van der Waals surface area contributed by atoms with Gasteiger partial charge in [0.25, 0.3) is 0 Å². The molecule has 2 aliphatic rings. The average molecular weight is 441 g/mol. The van der Waals surface area contributed by atoms with E-state index in [1.165, 1.54) is 29.1 Å². The molecule has 6 heteroatoms. The van der Waals surface area contributed by atoms with Crippen molar-refractivity contribution in [3.8, 4) is 0 Å². The van der Waals surface area contributed by atoms with Gasteiger partial charge in [-0.15, -0.1) is 0 Å². The zero-order chi connectivity index (χ0) is 21.7. The van der Waals surface area contributed by atoms with E-state index >= 15 is 0 Å². The number of hydrogen-bond acceptors (Lipinski definition) is 3. The van der Waals surface area contributed by atoms with Crippen LogP contribution in [0.25, 0.3) is 0 Å². The molecule has 4 rings (SSSR count). The first-order valence-electron chi connectivity index (χ1n) is 11.5. The van der Waals surface area contributed by atoms with Gasteiger partial charge < -0.3 is 5.32 Å². The zero-order valence-electron chi connectivity index (χ0n) is 17.9. The molecule has 1 amide bonds. The first kappa shape index (κ1) is 22.0. The molecule has 2 fully saturated rings. The van der Waals surface area contributed by atoms with E-state index in [1.54, 1.807) is 24.3 Å². The summed E-state index contributed by atoms with van der Waals surface area (Å²) in [6.45, 7) is 0.767. The lowest BCUT2D eigenvalue weighted by Crippen LogP contribution is -2.44. The van der Waals surface area contributed by atoms with E-state index in [4.69, 9.17) is 0 Å². The Balaban J connectivity index is 1.40. The number of benzene rings is 2. The molecular formula is C25H32N2O3S. The van der Waals surface area contributed by atoms with Crippen LogP contribution >= 0.6 is 0 Å². The lowest BCUT2D eigenvalue weighted by Gasteiger charge is -2.34. The van der Waals surface area contributed by atoms with Gasteiger partial charge in [0, 0.05) is 19.0 Å². The molecule has 0 radical (unpaired) electrons. The molecule has 1 saturated carbocycles. The molecule has 31 heavy (non-hydrogen) atoms. The predicted molar refractivity (Wildman–Crippen MR) is 122 cm³/mol. The number of sulfonamides is 1. The molecule has 1 N–H and O–H groups in total. The average Bonchev–Trinajstić information content (AvgIpc) is 2.84. The van der Waals surface area contributed by atoms with E-state index in [0.717, 1.165) is 12.8 Å². The number of carbonyl (C=O) groups excluding carboxylic acids is 1.